The van der Waals surface area contributed by atoms with E-state index in [0.29, 0.717) is 18.4 Å². The molecule has 0 radical (unpaired) electrons. The summed E-state index contributed by atoms with van der Waals surface area (Å²) in [5.74, 6) is 0. The molecular formula is C12H13F3OS. The second-order valence-electron chi connectivity index (χ2n) is 4.30. The number of thioether (sulfide) groups is 1. The molecule has 1 aromatic rings. The van der Waals surface area contributed by atoms with Gasteiger partial charge in [0.2, 0.25) is 0 Å². The molecule has 0 spiro atoms. The maximum Gasteiger partial charge on any atom is 0.416 e. The van der Waals surface area contributed by atoms with Crippen molar-refractivity contribution in [3.63, 3.8) is 0 Å². The Bertz CT molecular complexity index is 424. The van der Waals surface area contributed by atoms with Crippen LogP contribution in [0.3, 0.4) is 0 Å². The summed E-state index contributed by atoms with van der Waals surface area (Å²) in [5.41, 5.74) is -1.32. The van der Waals surface area contributed by atoms with Gasteiger partial charge in [-0.1, -0.05) is 0 Å². The third-order valence-electron chi connectivity index (χ3n) is 3.21. The molecule has 0 unspecified atom stereocenters. The first-order valence-corrected chi connectivity index (χ1v) is 6.57. The van der Waals surface area contributed by atoms with E-state index in [2.05, 4.69) is 0 Å². The highest BCUT2D eigenvalue weighted by molar-refractivity contribution is 7.98. The van der Waals surface area contributed by atoms with Gasteiger partial charge in [0.1, 0.15) is 0 Å². The van der Waals surface area contributed by atoms with Crippen molar-refractivity contribution in [1.82, 2.24) is 0 Å². The first-order valence-electron chi connectivity index (χ1n) is 5.35. The lowest BCUT2D eigenvalue weighted by atomic mass is 9.75. The highest BCUT2D eigenvalue weighted by atomic mass is 32.2. The lowest BCUT2D eigenvalue weighted by Crippen LogP contribution is -2.34. The van der Waals surface area contributed by atoms with Crippen molar-refractivity contribution in [2.24, 2.45) is 0 Å². The number of hydrogen-bond donors (Lipinski definition) is 1. The monoisotopic (exact) mass is 262 g/mol. The van der Waals surface area contributed by atoms with Crippen LogP contribution in [0.5, 0.6) is 0 Å². The Balaban J connectivity index is 2.47. The molecule has 1 fully saturated rings. The molecule has 1 aliphatic rings. The first-order chi connectivity index (χ1) is 7.87. The van der Waals surface area contributed by atoms with Crippen LogP contribution in [-0.2, 0) is 11.8 Å². The Kier molecular flexibility index (Phi) is 3.16. The van der Waals surface area contributed by atoms with Crippen molar-refractivity contribution in [3.8, 4) is 0 Å². The summed E-state index contributed by atoms with van der Waals surface area (Å²) >= 11 is 1.36. The predicted molar refractivity (Wildman–Crippen MR) is 61.0 cm³/mol. The van der Waals surface area contributed by atoms with E-state index in [4.69, 9.17) is 0 Å². The second kappa shape index (κ2) is 4.21. The minimum Gasteiger partial charge on any atom is -0.385 e. The van der Waals surface area contributed by atoms with E-state index in [1.54, 1.807) is 6.26 Å². The van der Waals surface area contributed by atoms with E-state index in [9.17, 15) is 18.3 Å². The quantitative estimate of drug-likeness (QED) is 0.818. The molecule has 1 aromatic carbocycles. The summed E-state index contributed by atoms with van der Waals surface area (Å²) in [6.07, 6.45) is -0.607. The lowest BCUT2D eigenvalue weighted by molar-refractivity contribution is -0.138. The molecule has 0 aromatic heterocycles. The molecule has 0 bridgehead atoms. The molecule has 1 N–H and O–H groups in total. The fraction of sp³-hybridized carbons (Fsp3) is 0.500. The normalized spacial score (nSPS) is 18.9. The number of aliphatic hydroxyl groups is 1. The molecule has 0 atom stereocenters. The highest BCUT2D eigenvalue weighted by Gasteiger charge is 2.40. The summed E-state index contributed by atoms with van der Waals surface area (Å²) in [4.78, 5) is 0.722. The van der Waals surface area contributed by atoms with Crippen molar-refractivity contribution in [3.05, 3.63) is 29.3 Å². The van der Waals surface area contributed by atoms with Gasteiger partial charge in [0.15, 0.2) is 0 Å². The van der Waals surface area contributed by atoms with Crippen LogP contribution in [0.15, 0.2) is 23.1 Å². The van der Waals surface area contributed by atoms with Crippen LogP contribution in [0.1, 0.15) is 30.4 Å². The fourth-order valence-electron chi connectivity index (χ4n) is 2.03. The zero-order chi connectivity index (χ0) is 12.7. The van der Waals surface area contributed by atoms with Gasteiger partial charge in [-0.2, -0.15) is 13.2 Å². The zero-order valence-electron chi connectivity index (χ0n) is 9.34. The fourth-order valence-corrected chi connectivity index (χ4v) is 2.70. The molecule has 1 saturated carbocycles. The van der Waals surface area contributed by atoms with Crippen LogP contribution in [0.4, 0.5) is 13.2 Å². The molecule has 94 valence electrons. The molecule has 5 heteroatoms. The molecule has 2 rings (SSSR count). The third kappa shape index (κ3) is 2.31. The smallest absolute Gasteiger partial charge is 0.385 e. The van der Waals surface area contributed by atoms with E-state index in [1.165, 1.54) is 17.8 Å². The van der Waals surface area contributed by atoms with Gasteiger partial charge in [0, 0.05) is 4.90 Å². The Morgan fingerprint density at radius 1 is 1.29 bits per heavy atom. The summed E-state index contributed by atoms with van der Waals surface area (Å²) < 4.78 is 37.9. The average molecular weight is 262 g/mol. The first kappa shape index (κ1) is 12.8. The van der Waals surface area contributed by atoms with Gasteiger partial charge in [-0.15, -0.1) is 11.8 Å². The van der Waals surface area contributed by atoms with Crippen molar-refractivity contribution in [2.75, 3.05) is 6.26 Å². The summed E-state index contributed by atoms with van der Waals surface area (Å²) in [6, 6.07) is 3.60. The van der Waals surface area contributed by atoms with Gasteiger partial charge in [-0.05, 0) is 49.3 Å². The van der Waals surface area contributed by atoms with Gasteiger partial charge in [-0.25, -0.2) is 0 Å². The maximum atomic E-state index is 12.6. The van der Waals surface area contributed by atoms with Gasteiger partial charge in [-0.3, -0.25) is 0 Å². The summed E-state index contributed by atoms with van der Waals surface area (Å²) in [6.45, 7) is 0. The number of alkyl halides is 3. The summed E-state index contributed by atoms with van der Waals surface area (Å²) in [7, 11) is 0. The van der Waals surface area contributed by atoms with Crippen LogP contribution in [0.25, 0.3) is 0 Å². The Morgan fingerprint density at radius 2 is 1.94 bits per heavy atom. The minimum absolute atomic E-state index is 0.422. The van der Waals surface area contributed by atoms with Gasteiger partial charge in [0.05, 0.1) is 11.2 Å². The highest BCUT2D eigenvalue weighted by Crippen LogP contribution is 2.46. The lowest BCUT2D eigenvalue weighted by Gasteiger charge is -2.38. The minimum atomic E-state index is -4.36. The zero-order valence-corrected chi connectivity index (χ0v) is 10.2. The van der Waals surface area contributed by atoms with Gasteiger partial charge < -0.3 is 5.11 Å². The Morgan fingerprint density at radius 3 is 2.35 bits per heavy atom. The number of benzene rings is 1. The van der Waals surface area contributed by atoms with Crippen LogP contribution in [0.2, 0.25) is 0 Å². The third-order valence-corrected chi connectivity index (χ3v) is 4.00. The van der Waals surface area contributed by atoms with E-state index in [0.717, 1.165) is 23.4 Å². The van der Waals surface area contributed by atoms with Crippen molar-refractivity contribution >= 4 is 11.8 Å². The van der Waals surface area contributed by atoms with Gasteiger partial charge in [0.25, 0.3) is 0 Å². The molecule has 0 amide bonds. The molecule has 17 heavy (non-hydrogen) atoms. The molecule has 0 saturated heterocycles. The molecule has 1 nitrogen and oxygen atoms in total. The Labute approximate surface area is 102 Å². The van der Waals surface area contributed by atoms with E-state index >= 15 is 0 Å². The standard InChI is InChI=1S/C12H13F3OS/c1-17-10-4-3-8(12(13,14)15)7-9(10)11(16)5-2-6-11/h3-4,7,16H,2,5-6H2,1H3. The van der Waals surface area contributed by atoms with E-state index < -0.39 is 17.3 Å². The molecule has 0 heterocycles. The molecule has 0 aliphatic heterocycles. The van der Waals surface area contributed by atoms with Crippen LogP contribution < -0.4 is 0 Å². The SMILES string of the molecule is CSc1ccc(C(F)(F)F)cc1C1(O)CCC1. The summed E-state index contributed by atoms with van der Waals surface area (Å²) in [5, 5.41) is 10.2. The second-order valence-corrected chi connectivity index (χ2v) is 5.15. The van der Waals surface area contributed by atoms with Crippen molar-refractivity contribution in [1.29, 1.82) is 0 Å². The number of hydrogen-bond acceptors (Lipinski definition) is 2. The van der Waals surface area contributed by atoms with Crippen LogP contribution >= 0.6 is 11.8 Å². The molecule has 1 aliphatic carbocycles. The van der Waals surface area contributed by atoms with Gasteiger partial charge >= 0.3 is 6.18 Å². The van der Waals surface area contributed by atoms with E-state index in [1.807, 2.05) is 0 Å². The number of halogens is 3. The topological polar surface area (TPSA) is 20.2 Å². The van der Waals surface area contributed by atoms with Crippen molar-refractivity contribution in [2.45, 2.75) is 35.9 Å². The van der Waals surface area contributed by atoms with Crippen LogP contribution in [-0.4, -0.2) is 11.4 Å². The van der Waals surface area contributed by atoms with Crippen LogP contribution in [0, 0.1) is 0 Å². The Hall–Kier alpha value is -0.680. The average Bonchev–Trinajstić information content (AvgIpc) is 2.23. The maximum absolute atomic E-state index is 12.6. The number of rotatable bonds is 2. The largest absolute Gasteiger partial charge is 0.416 e. The predicted octanol–water partition coefficient (Wildman–Crippen LogP) is 3.80. The van der Waals surface area contributed by atoms with E-state index in [-0.39, 0.29) is 0 Å². The molecular weight excluding hydrogens is 249 g/mol. The van der Waals surface area contributed by atoms with Crippen molar-refractivity contribution < 1.29 is 18.3 Å².